The summed E-state index contributed by atoms with van der Waals surface area (Å²) in [4.78, 5) is 0. The van der Waals surface area contributed by atoms with Gasteiger partial charge in [0.25, 0.3) is 0 Å². The summed E-state index contributed by atoms with van der Waals surface area (Å²) in [5, 5.41) is 0. The fourth-order valence-corrected chi connectivity index (χ4v) is 1.02. The Morgan fingerprint density at radius 3 is 2.83 bits per heavy atom. The largest absolute Gasteiger partial charge is 1.00 e. The van der Waals surface area contributed by atoms with Gasteiger partial charge in [-0.3, -0.25) is 0 Å². The van der Waals surface area contributed by atoms with Crippen LogP contribution in [-0.4, -0.2) is 0 Å². The topological polar surface area (TPSA) is 0 Å². The van der Waals surface area contributed by atoms with Crippen LogP contribution in [0.1, 0.15) is 25.3 Å². The molecule has 0 fully saturated rings. The third-order valence-electron chi connectivity index (χ3n) is 1.65. The van der Waals surface area contributed by atoms with Gasteiger partial charge in [-0.2, -0.15) is 17.7 Å². The predicted molar refractivity (Wildman–Crippen MR) is 43.8 cm³/mol. The molecular formula is C10H12FLi. The molecule has 0 bridgehead atoms. The van der Waals surface area contributed by atoms with Gasteiger partial charge in [0.05, 0.1) is 0 Å². The van der Waals surface area contributed by atoms with Crippen LogP contribution in [0.3, 0.4) is 0 Å². The van der Waals surface area contributed by atoms with E-state index in [0.717, 1.165) is 24.8 Å². The van der Waals surface area contributed by atoms with Gasteiger partial charge >= 0.3 is 18.9 Å². The molecule has 1 aromatic rings. The monoisotopic (exact) mass is 158 g/mol. The fourth-order valence-electron chi connectivity index (χ4n) is 1.02. The number of benzene rings is 1. The molecule has 0 amide bonds. The molecule has 0 unspecified atom stereocenters. The van der Waals surface area contributed by atoms with Crippen LogP contribution in [0, 0.1) is 11.9 Å². The van der Waals surface area contributed by atoms with E-state index in [1.165, 1.54) is 0 Å². The Balaban J connectivity index is 0.00000121. The average molecular weight is 158 g/mol. The molecule has 0 saturated heterocycles. The SMILES string of the molecule is CCCCc1cc[c-]c(F)c1.[Li+]. The van der Waals surface area contributed by atoms with Crippen molar-refractivity contribution in [3.8, 4) is 0 Å². The second-order valence-corrected chi connectivity index (χ2v) is 2.65. The zero-order valence-corrected chi connectivity index (χ0v) is 7.73. The van der Waals surface area contributed by atoms with Crippen LogP contribution in [-0.2, 0) is 6.42 Å². The Labute approximate surface area is 85.4 Å². The van der Waals surface area contributed by atoms with Crippen LogP contribution in [0.25, 0.3) is 0 Å². The zero-order chi connectivity index (χ0) is 8.10. The third kappa shape index (κ3) is 3.95. The summed E-state index contributed by atoms with van der Waals surface area (Å²) in [6.07, 6.45) is 3.26. The Kier molecular flexibility index (Phi) is 6.15. The van der Waals surface area contributed by atoms with Gasteiger partial charge in [-0.1, -0.05) is 26.2 Å². The molecule has 1 aromatic carbocycles. The van der Waals surface area contributed by atoms with Crippen molar-refractivity contribution >= 4 is 0 Å². The van der Waals surface area contributed by atoms with Gasteiger partial charge in [0.2, 0.25) is 0 Å². The molecule has 2 heteroatoms. The van der Waals surface area contributed by atoms with E-state index in [0.29, 0.717) is 0 Å². The second-order valence-electron chi connectivity index (χ2n) is 2.65. The van der Waals surface area contributed by atoms with Gasteiger partial charge < -0.3 is 0 Å². The maximum absolute atomic E-state index is 12.5. The second kappa shape index (κ2) is 6.28. The number of unbranched alkanes of at least 4 members (excludes halogenated alkanes) is 1. The number of hydrogen-bond donors (Lipinski definition) is 0. The summed E-state index contributed by atoms with van der Waals surface area (Å²) < 4.78 is 12.5. The minimum absolute atomic E-state index is 0. The van der Waals surface area contributed by atoms with Crippen LogP contribution >= 0.6 is 0 Å². The molecule has 0 N–H and O–H groups in total. The number of hydrogen-bond acceptors (Lipinski definition) is 0. The van der Waals surface area contributed by atoms with Gasteiger partial charge in [-0.15, -0.1) is 12.1 Å². The van der Waals surface area contributed by atoms with Gasteiger partial charge in [0.15, 0.2) is 0 Å². The Bertz CT molecular complexity index is 223. The molecule has 0 aliphatic rings. The van der Waals surface area contributed by atoms with E-state index >= 15 is 0 Å². The molecule has 0 heterocycles. The van der Waals surface area contributed by atoms with Crippen molar-refractivity contribution in [2.24, 2.45) is 0 Å². The molecule has 0 aromatic heterocycles. The van der Waals surface area contributed by atoms with E-state index in [4.69, 9.17) is 0 Å². The Morgan fingerprint density at radius 2 is 2.25 bits per heavy atom. The maximum atomic E-state index is 12.5. The predicted octanol–water partition coefficient (Wildman–Crippen LogP) is -0.0275. The van der Waals surface area contributed by atoms with Gasteiger partial charge in [0.1, 0.15) is 0 Å². The summed E-state index contributed by atoms with van der Waals surface area (Å²) in [5.74, 6) is -0.251. The standard InChI is InChI=1S/C10H12F.Li/c1-2-3-5-9-6-4-7-10(11)8-9;/h4,6,8H,2-3,5H2,1H3;/q-1;+1. The third-order valence-corrected chi connectivity index (χ3v) is 1.65. The summed E-state index contributed by atoms with van der Waals surface area (Å²) in [7, 11) is 0. The van der Waals surface area contributed by atoms with E-state index in [9.17, 15) is 4.39 Å². The van der Waals surface area contributed by atoms with Crippen molar-refractivity contribution in [3.63, 3.8) is 0 Å². The summed E-state index contributed by atoms with van der Waals surface area (Å²) >= 11 is 0. The molecule has 0 spiro atoms. The summed E-state index contributed by atoms with van der Waals surface area (Å²) in [6.45, 7) is 2.13. The first-order valence-corrected chi connectivity index (χ1v) is 3.99. The van der Waals surface area contributed by atoms with Crippen LogP contribution in [0.15, 0.2) is 18.2 Å². The van der Waals surface area contributed by atoms with Crippen molar-refractivity contribution in [2.45, 2.75) is 26.2 Å². The first-order valence-electron chi connectivity index (χ1n) is 3.99. The minimum atomic E-state index is -0.251. The van der Waals surface area contributed by atoms with Crippen LogP contribution < -0.4 is 18.9 Å². The maximum Gasteiger partial charge on any atom is 1.00 e. The molecule has 60 valence electrons. The van der Waals surface area contributed by atoms with Crippen molar-refractivity contribution < 1.29 is 23.3 Å². The van der Waals surface area contributed by atoms with Crippen LogP contribution in [0.5, 0.6) is 0 Å². The smallest absolute Gasteiger partial charge is 0.236 e. The molecular weight excluding hydrogens is 146 g/mol. The van der Waals surface area contributed by atoms with Crippen molar-refractivity contribution in [3.05, 3.63) is 35.6 Å². The molecule has 0 aliphatic carbocycles. The normalized spacial score (nSPS) is 9.17. The van der Waals surface area contributed by atoms with E-state index in [2.05, 4.69) is 13.0 Å². The fraction of sp³-hybridized carbons (Fsp3) is 0.400. The number of rotatable bonds is 3. The van der Waals surface area contributed by atoms with Crippen molar-refractivity contribution in [1.82, 2.24) is 0 Å². The Morgan fingerprint density at radius 1 is 1.50 bits per heavy atom. The molecule has 0 atom stereocenters. The zero-order valence-electron chi connectivity index (χ0n) is 7.73. The van der Waals surface area contributed by atoms with E-state index in [1.54, 1.807) is 12.1 Å². The average Bonchev–Trinajstić information content (AvgIpc) is 2.01. The summed E-state index contributed by atoms with van der Waals surface area (Å²) in [6, 6.07) is 7.59. The van der Waals surface area contributed by atoms with Crippen molar-refractivity contribution in [1.29, 1.82) is 0 Å². The number of halogens is 1. The minimum Gasteiger partial charge on any atom is -0.236 e. The molecule has 1 rings (SSSR count). The van der Waals surface area contributed by atoms with Gasteiger partial charge in [-0.25, -0.2) is 4.39 Å². The quantitative estimate of drug-likeness (QED) is 0.428. The molecule has 0 radical (unpaired) electrons. The van der Waals surface area contributed by atoms with Gasteiger partial charge in [-0.05, 0) is 0 Å². The van der Waals surface area contributed by atoms with E-state index < -0.39 is 0 Å². The van der Waals surface area contributed by atoms with Crippen LogP contribution in [0.4, 0.5) is 4.39 Å². The van der Waals surface area contributed by atoms with Crippen LogP contribution in [0.2, 0.25) is 0 Å². The summed E-state index contributed by atoms with van der Waals surface area (Å²) in [5.41, 5.74) is 1.07. The molecule has 0 nitrogen and oxygen atoms in total. The first-order chi connectivity index (χ1) is 5.33. The van der Waals surface area contributed by atoms with E-state index in [-0.39, 0.29) is 24.7 Å². The molecule has 0 aliphatic heterocycles. The van der Waals surface area contributed by atoms with Crippen molar-refractivity contribution in [2.75, 3.05) is 0 Å². The van der Waals surface area contributed by atoms with E-state index in [1.807, 2.05) is 6.07 Å². The molecule has 0 saturated carbocycles. The van der Waals surface area contributed by atoms with Gasteiger partial charge in [0, 0.05) is 5.82 Å². The first kappa shape index (κ1) is 11.7. The Hall–Kier alpha value is -0.253. The molecule has 12 heavy (non-hydrogen) atoms. The number of aryl methyl sites for hydroxylation is 1.